The summed E-state index contributed by atoms with van der Waals surface area (Å²) in [4.78, 5) is 34.6. The van der Waals surface area contributed by atoms with Gasteiger partial charge in [-0.15, -0.1) is 0 Å². The lowest BCUT2D eigenvalue weighted by molar-refractivity contribution is 0.0796. The Labute approximate surface area is 155 Å². The summed E-state index contributed by atoms with van der Waals surface area (Å²) in [7, 11) is 1.82. The van der Waals surface area contributed by atoms with Gasteiger partial charge >= 0.3 is 0 Å². The van der Waals surface area contributed by atoms with Crippen LogP contribution in [0, 0.1) is 11.7 Å². The number of imidazole rings is 1. The highest BCUT2D eigenvalue weighted by molar-refractivity contribution is 5.95. The molecule has 1 unspecified atom stereocenters. The van der Waals surface area contributed by atoms with E-state index < -0.39 is 5.82 Å². The van der Waals surface area contributed by atoms with Crippen LogP contribution in [-0.4, -0.2) is 38.3 Å². The number of piperidine rings is 1. The molecule has 0 bridgehead atoms. The maximum absolute atomic E-state index is 13.4. The summed E-state index contributed by atoms with van der Waals surface area (Å²) in [5.74, 6) is 0.0335. The minimum absolute atomic E-state index is 0.0645. The maximum atomic E-state index is 13.4. The summed E-state index contributed by atoms with van der Waals surface area (Å²) >= 11 is 0. The molecule has 1 N–H and O–H groups in total. The predicted molar refractivity (Wildman–Crippen MR) is 100 cm³/mol. The third-order valence-electron chi connectivity index (χ3n) is 5.16. The van der Waals surface area contributed by atoms with Crippen LogP contribution < -0.4 is 5.43 Å². The fourth-order valence-corrected chi connectivity index (χ4v) is 3.80. The van der Waals surface area contributed by atoms with Gasteiger partial charge in [-0.25, -0.2) is 9.37 Å². The molecular weight excluding hydrogens is 347 g/mol. The minimum Gasteiger partial charge on any atom is -0.357 e. The van der Waals surface area contributed by atoms with Crippen molar-refractivity contribution < 1.29 is 9.18 Å². The molecule has 3 aromatic rings. The van der Waals surface area contributed by atoms with E-state index in [2.05, 4.69) is 14.9 Å². The van der Waals surface area contributed by atoms with E-state index in [1.165, 1.54) is 18.2 Å². The van der Waals surface area contributed by atoms with E-state index in [0.29, 0.717) is 29.8 Å². The summed E-state index contributed by atoms with van der Waals surface area (Å²) in [5, 5.41) is 0.347. The number of pyridine rings is 1. The number of H-pyrrole nitrogens is 1. The van der Waals surface area contributed by atoms with E-state index in [0.717, 1.165) is 25.1 Å². The van der Waals surface area contributed by atoms with Gasteiger partial charge in [0.1, 0.15) is 5.82 Å². The molecule has 7 heteroatoms. The Bertz CT molecular complexity index is 1060. The van der Waals surface area contributed by atoms with Gasteiger partial charge in [0.15, 0.2) is 11.3 Å². The molecular formula is C20H21FN4O2. The van der Waals surface area contributed by atoms with Gasteiger partial charge in [0, 0.05) is 61.1 Å². The number of nitrogens with zero attached hydrogens (tertiary/aromatic N) is 3. The van der Waals surface area contributed by atoms with Crippen molar-refractivity contribution in [2.45, 2.75) is 19.4 Å². The molecule has 0 spiro atoms. The van der Waals surface area contributed by atoms with Gasteiger partial charge in [0.25, 0.3) is 0 Å². The number of halogens is 1. The summed E-state index contributed by atoms with van der Waals surface area (Å²) in [5.41, 5.74) is 1.19. The molecule has 0 aliphatic carbocycles. The van der Waals surface area contributed by atoms with Gasteiger partial charge in [-0.3, -0.25) is 14.5 Å². The van der Waals surface area contributed by atoms with Gasteiger partial charge in [0.05, 0.1) is 0 Å². The number of benzene rings is 1. The molecule has 1 aliphatic heterocycles. The molecule has 2 aromatic heterocycles. The van der Waals surface area contributed by atoms with Crippen LogP contribution in [0.4, 0.5) is 4.39 Å². The van der Waals surface area contributed by atoms with Crippen LogP contribution in [0.3, 0.4) is 0 Å². The first-order valence-electron chi connectivity index (χ1n) is 9.06. The second-order valence-electron chi connectivity index (χ2n) is 7.15. The quantitative estimate of drug-likeness (QED) is 0.719. The van der Waals surface area contributed by atoms with E-state index >= 15 is 0 Å². The fraction of sp³-hybridized carbons (Fsp3) is 0.350. The van der Waals surface area contributed by atoms with Gasteiger partial charge in [-0.05, 0) is 37.6 Å². The molecule has 27 heavy (non-hydrogen) atoms. The van der Waals surface area contributed by atoms with Crippen LogP contribution in [0.5, 0.6) is 0 Å². The standard InChI is InChI=1S/C20H21FN4O2/c1-24-8-6-22-20(24)19(27)13-3-2-7-25(11-13)12-15-10-18(26)16-9-14(21)4-5-17(16)23-15/h4-6,8-10,13H,2-3,7,11-12H2,1H3,(H,23,26). The average molecular weight is 368 g/mol. The van der Waals surface area contributed by atoms with Crippen molar-refractivity contribution in [3.05, 3.63) is 64.2 Å². The van der Waals surface area contributed by atoms with Crippen LogP contribution in [0.1, 0.15) is 29.2 Å². The van der Waals surface area contributed by atoms with Crippen molar-refractivity contribution >= 4 is 16.7 Å². The monoisotopic (exact) mass is 368 g/mol. The zero-order valence-electron chi connectivity index (χ0n) is 15.1. The lowest BCUT2D eigenvalue weighted by Gasteiger charge is -2.31. The molecule has 140 valence electrons. The third-order valence-corrected chi connectivity index (χ3v) is 5.16. The summed E-state index contributed by atoms with van der Waals surface area (Å²) in [6.07, 6.45) is 5.17. The second-order valence-corrected chi connectivity index (χ2v) is 7.15. The van der Waals surface area contributed by atoms with Crippen molar-refractivity contribution in [2.75, 3.05) is 13.1 Å². The summed E-state index contributed by atoms with van der Waals surface area (Å²) in [6.45, 7) is 2.05. The molecule has 6 nitrogen and oxygen atoms in total. The first-order valence-corrected chi connectivity index (χ1v) is 9.06. The van der Waals surface area contributed by atoms with Crippen LogP contribution in [-0.2, 0) is 13.6 Å². The van der Waals surface area contributed by atoms with Crippen LogP contribution in [0.2, 0.25) is 0 Å². The zero-order chi connectivity index (χ0) is 19.0. The normalized spacial score (nSPS) is 18.1. The number of aromatic amines is 1. The van der Waals surface area contributed by atoms with Crippen molar-refractivity contribution in [1.29, 1.82) is 0 Å². The van der Waals surface area contributed by atoms with Crippen molar-refractivity contribution in [3.8, 4) is 0 Å². The van der Waals surface area contributed by atoms with Crippen molar-refractivity contribution in [3.63, 3.8) is 0 Å². The highest BCUT2D eigenvalue weighted by Gasteiger charge is 2.28. The number of Topliss-reactive ketones (excluding diaryl/α,β-unsaturated/α-hetero) is 1. The number of aryl methyl sites for hydroxylation is 1. The molecule has 1 aliphatic rings. The van der Waals surface area contributed by atoms with Gasteiger partial charge in [-0.1, -0.05) is 0 Å². The second kappa shape index (κ2) is 7.08. The molecule has 0 radical (unpaired) electrons. The lowest BCUT2D eigenvalue weighted by atomic mass is 9.93. The first kappa shape index (κ1) is 17.6. The largest absolute Gasteiger partial charge is 0.357 e. The Morgan fingerprint density at radius 2 is 2.22 bits per heavy atom. The summed E-state index contributed by atoms with van der Waals surface area (Å²) < 4.78 is 15.1. The molecule has 1 fully saturated rings. The smallest absolute Gasteiger partial charge is 0.202 e. The Balaban J connectivity index is 1.52. The number of rotatable bonds is 4. The molecule has 1 saturated heterocycles. The van der Waals surface area contributed by atoms with Crippen LogP contribution >= 0.6 is 0 Å². The molecule has 0 saturated carbocycles. The number of hydrogen-bond donors (Lipinski definition) is 1. The predicted octanol–water partition coefficient (Wildman–Crippen LogP) is 2.50. The Kier molecular flexibility index (Phi) is 4.61. The number of nitrogens with one attached hydrogen (secondary N) is 1. The van der Waals surface area contributed by atoms with Gasteiger partial charge in [-0.2, -0.15) is 0 Å². The molecule has 1 aromatic carbocycles. The van der Waals surface area contributed by atoms with Crippen LogP contribution in [0.15, 0.2) is 41.5 Å². The SMILES string of the molecule is Cn1ccnc1C(=O)C1CCCN(Cc2cc(=O)c3cc(F)ccc3[nH]2)C1. The Morgan fingerprint density at radius 1 is 1.37 bits per heavy atom. The summed E-state index contributed by atoms with van der Waals surface area (Å²) in [6, 6.07) is 5.69. The van der Waals surface area contributed by atoms with E-state index in [-0.39, 0.29) is 17.1 Å². The number of carbonyl (C=O) groups excluding carboxylic acids is 1. The molecule has 4 rings (SSSR count). The number of carbonyl (C=O) groups is 1. The maximum Gasteiger partial charge on any atom is 0.202 e. The highest BCUT2D eigenvalue weighted by atomic mass is 19.1. The average Bonchev–Trinajstić information content (AvgIpc) is 3.08. The van der Waals surface area contributed by atoms with Gasteiger partial charge < -0.3 is 9.55 Å². The molecule has 3 heterocycles. The number of fused-ring (bicyclic) bond motifs is 1. The van der Waals surface area contributed by atoms with Crippen molar-refractivity contribution in [1.82, 2.24) is 19.4 Å². The topological polar surface area (TPSA) is 71.0 Å². The Morgan fingerprint density at radius 3 is 3.00 bits per heavy atom. The minimum atomic E-state index is -0.424. The lowest BCUT2D eigenvalue weighted by Crippen LogP contribution is -2.39. The Hall–Kier alpha value is -2.80. The molecule has 0 amide bonds. The number of hydrogen-bond acceptors (Lipinski definition) is 4. The number of aromatic nitrogens is 3. The molecule has 1 atom stereocenters. The van der Waals surface area contributed by atoms with Crippen LogP contribution in [0.25, 0.3) is 10.9 Å². The number of ketones is 1. The van der Waals surface area contributed by atoms with E-state index in [4.69, 9.17) is 0 Å². The zero-order valence-corrected chi connectivity index (χ0v) is 15.1. The number of likely N-dealkylation sites (tertiary alicyclic amines) is 1. The fourth-order valence-electron chi connectivity index (χ4n) is 3.80. The highest BCUT2D eigenvalue weighted by Crippen LogP contribution is 2.22. The van der Waals surface area contributed by atoms with E-state index in [9.17, 15) is 14.0 Å². The third kappa shape index (κ3) is 3.55. The van der Waals surface area contributed by atoms with E-state index in [1.807, 2.05) is 7.05 Å². The van der Waals surface area contributed by atoms with E-state index in [1.54, 1.807) is 23.0 Å². The van der Waals surface area contributed by atoms with Crippen molar-refractivity contribution in [2.24, 2.45) is 13.0 Å². The van der Waals surface area contributed by atoms with Gasteiger partial charge in [0.2, 0.25) is 5.78 Å². The first-order chi connectivity index (χ1) is 13.0.